The minimum atomic E-state index is -4.25. The van der Waals surface area contributed by atoms with E-state index in [9.17, 15) is 16.8 Å². The molecule has 39 heavy (non-hydrogen) atoms. The van der Waals surface area contributed by atoms with E-state index in [4.69, 9.17) is 23.9 Å². The molecule has 1 saturated heterocycles. The molecule has 0 saturated carbocycles. The molecule has 0 N–H and O–H groups in total. The van der Waals surface area contributed by atoms with Gasteiger partial charge in [0, 0.05) is 0 Å². The highest BCUT2D eigenvalue weighted by atomic mass is 32.2. The minimum Gasteiger partial charge on any atom is -0.374 e. The van der Waals surface area contributed by atoms with Gasteiger partial charge in [-0.1, -0.05) is 78.4 Å². The van der Waals surface area contributed by atoms with E-state index in [1.54, 1.807) is 12.1 Å². The van der Waals surface area contributed by atoms with Crippen molar-refractivity contribution in [1.82, 2.24) is 0 Å². The maximum Gasteiger partial charge on any atom is 0.297 e. The Hall–Kier alpha value is -2.64. The van der Waals surface area contributed by atoms with Gasteiger partial charge in [0.2, 0.25) is 0 Å². The molecule has 3 aromatic carbocycles. The highest BCUT2D eigenvalue weighted by Crippen LogP contribution is 2.35. The summed E-state index contributed by atoms with van der Waals surface area (Å²) < 4.78 is 87.6. The van der Waals surface area contributed by atoms with Gasteiger partial charge >= 0.3 is 0 Å². The molecular formula is C28H32O9S2. The second kappa shape index (κ2) is 12.7. The Morgan fingerprint density at radius 3 is 2.05 bits per heavy atom. The molecule has 3 aromatic rings. The van der Waals surface area contributed by atoms with Crippen molar-refractivity contribution >= 4 is 20.2 Å². The molecule has 1 unspecified atom stereocenters. The van der Waals surface area contributed by atoms with Crippen LogP contribution in [0.1, 0.15) is 18.1 Å². The van der Waals surface area contributed by atoms with Gasteiger partial charge in [-0.3, -0.25) is 8.37 Å². The SMILES string of the molecule is [3H][C@@H]1O[C@@](COCc2ccccc2)(COS(=O)(=O)c2ccc(C)cc2)C(OCc2ccccc2)[C@@H]1OS(C)(=O)=O. The molecule has 210 valence electrons. The topological polar surface area (TPSA) is 114 Å². The normalized spacial score (nSPS) is 23.9. The zero-order valence-corrected chi connectivity index (χ0v) is 23.3. The van der Waals surface area contributed by atoms with E-state index >= 15 is 0 Å². The lowest BCUT2D eigenvalue weighted by Crippen LogP contribution is -2.53. The molecule has 9 nitrogen and oxygen atoms in total. The molecule has 4 rings (SSSR count). The van der Waals surface area contributed by atoms with Crippen molar-refractivity contribution in [2.24, 2.45) is 0 Å². The summed E-state index contributed by atoms with van der Waals surface area (Å²) in [6, 6.07) is 24.5. The quantitative estimate of drug-likeness (QED) is 0.281. The van der Waals surface area contributed by atoms with Crippen LogP contribution in [0, 0.1) is 6.92 Å². The lowest BCUT2D eigenvalue weighted by molar-refractivity contribution is -0.153. The second-order valence-electron chi connectivity index (χ2n) is 9.31. The summed E-state index contributed by atoms with van der Waals surface area (Å²) in [6.45, 7) is -0.450. The Balaban J connectivity index is 1.65. The third kappa shape index (κ3) is 8.18. The molecule has 1 fully saturated rings. The Morgan fingerprint density at radius 2 is 1.46 bits per heavy atom. The van der Waals surface area contributed by atoms with Gasteiger partial charge in [-0.05, 0) is 30.2 Å². The number of rotatable bonds is 13. The highest BCUT2D eigenvalue weighted by Gasteiger charge is 2.54. The van der Waals surface area contributed by atoms with Gasteiger partial charge in [0.15, 0.2) is 0 Å². The van der Waals surface area contributed by atoms with E-state index in [1.807, 2.05) is 67.6 Å². The van der Waals surface area contributed by atoms with Gasteiger partial charge in [0.25, 0.3) is 20.2 Å². The van der Waals surface area contributed by atoms with Crippen molar-refractivity contribution < 1.29 is 40.8 Å². The Kier molecular flexibility index (Phi) is 9.08. The van der Waals surface area contributed by atoms with Crippen molar-refractivity contribution in [1.29, 1.82) is 0 Å². The monoisotopic (exact) mass is 578 g/mol. The standard InChI is InChI=1S/C28H32O9S2/c1-22-13-15-25(16-14-22)39(31,32)36-21-28(20-33-17-23-9-5-3-6-10-23)27(26(19-35-28)37-38(2,29)30)34-18-24-11-7-4-8-12-24/h3-16,26-27H,17-21H2,1-2H3/t26-,27?,28+/m1/s1/i19T/t19-,26+,27?,28-/m0. The third-order valence-electron chi connectivity index (χ3n) is 6.04. The number of hydrogen-bond donors (Lipinski definition) is 0. The van der Waals surface area contributed by atoms with E-state index < -0.39 is 51.2 Å². The van der Waals surface area contributed by atoms with E-state index in [-0.39, 0.29) is 24.7 Å². The molecule has 0 amide bonds. The van der Waals surface area contributed by atoms with E-state index in [0.29, 0.717) is 0 Å². The van der Waals surface area contributed by atoms with E-state index in [1.165, 1.54) is 12.1 Å². The van der Waals surface area contributed by atoms with Gasteiger partial charge in [0.1, 0.15) is 24.4 Å². The second-order valence-corrected chi connectivity index (χ2v) is 12.5. The Labute approximate surface area is 231 Å². The van der Waals surface area contributed by atoms with E-state index in [0.717, 1.165) is 22.9 Å². The Bertz CT molecular complexity index is 1450. The van der Waals surface area contributed by atoms with Gasteiger partial charge in [-0.15, -0.1) is 0 Å². The molecule has 0 radical (unpaired) electrons. The number of ether oxygens (including phenoxy) is 3. The van der Waals surface area contributed by atoms with Crippen LogP contribution in [0.3, 0.4) is 0 Å². The van der Waals surface area contributed by atoms with Crippen LogP contribution in [0.15, 0.2) is 89.8 Å². The Morgan fingerprint density at radius 1 is 0.872 bits per heavy atom. The molecule has 0 bridgehead atoms. The smallest absolute Gasteiger partial charge is 0.297 e. The lowest BCUT2D eigenvalue weighted by atomic mass is 9.97. The van der Waals surface area contributed by atoms with Crippen LogP contribution in [-0.4, -0.2) is 60.7 Å². The fourth-order valence-electron chi connectivity index (χ4n) is 4.06. The zero-order chi connectivity index (χ0) is 28.8. The summed E-state index contributed by atoms with van der Waals surface area (Å²) >= 11 is 0. The van der Waals surface area contributed by atoms with Crippen LogP contribution in [0.25, 0.3) is 0 Å². The average molecular weight is 579 g/mol. The maximum atomic E-state index is 13.1. The first-order valence-electron chi connectivity index (χ1n) is 12.8. The first-order chi connectivity index (χ1) is 19.0. The first-order valence-corrected chi connectivity index (χ1v) is 15.4. The van der Waals surface area contributed by atoms with Crippen LogP contribution < -0.4 is 0 Å². The first kappa shape index (κ1) is 27.9. The van der Waals surface area contributed by atoms with Crippen molar-refractivity contribution in [3.63, 3.8) is 0 Å². The number of benzene rings is 3. The van der Waals surface area contributed by atoms with Crippen molar-refractivity contribution in [2.75, 3.05) is 26.1 Å². The largest absolute Gasteiger partial charge is 0.374 e. The molecule has 11 heteroatoms. The van der Waals surface area contributed by atoms with Crippen molar-refractivity contribution in [2.45, 2.75) is 42.8 Å². The van der Waals surface area contributed by atoms with Crippen molar-refractivity contribution in [3.05, 3.63) is 102 Å². The molecule has 0 aromatic heterocycles. The fourth-order valence-corrected chi connectivity index (χ4v) is 5.57. The molecule has 1 aliphatic heterocycles. The molecule has 4 atom stereocenters. The van der Waals surface area contributed by atoms with Gasteiger partial charge < -0.3 is 14.2 Å². The summed E-state index contributed by atoms with van der Waals surface area (Å²) in [4.78, 5) is -0.0652. The van der Waals surface area contributed by atoms with Crippen molar-refractivity contribution in [3.8, 4) is 0 Å². The van der Waals surface area contributed by atoms with Crippen LogP contribution in [-0.2, 0) is 56.0 Å². The zero-order valence-electron chi connectivity index (χ0n) is 22.6. The third-order valence-corrected chi connectivity index (χ3v) is 7.89. The summed E-state index contributed by atoms with van der Waals surface area (Å²) in [5.41, 5.74) is 0.776. The molecule has 1 aliphatic rings. The van der Waals surface area contributed by atoms with Gasteiger partial charge in [-0.2, -0.15) is 16.8 Å². The summed E-state index contributed by atoms with van der Waals surface area (Å²) in [5.74, 6) is 0. The van der Waals surface area contributed by atoms with Gasteiger partial charge in [-0.25, -0.2) is 0 Å². The fraction of sp³-hybridized carbons (Fsp3) is 0.357. The summed E-state index contributed by atoms with van der Waals surface area (Å²) in [5, 5.41) is 0. The number of hydrogen-bond acceptors (Lipinski definition) is 9. The van der Waals surface area contributed by atoms with Crippen LogP contribution in [0.5, 0.6) is 0 Å². The summed E-state index contributed by atoms with van der Waals surface area (Å²) in [6.07, 6.45) is -1.79. The molecule has 1 heterocycles. The summed E-state index contributed by atoms with van der Waals surface area (Å²) in [7, 11) is -8.29. The minimum absolute atomic E-state index is 0.0103. The number of aryl methyl sites for hydroxylation is 1. The predicted molar refractivity (Wildman–Crippen MR) is 144 cm³/mol. The van der Waals surface area contributed by atoms with E-state index in [2.05, 4.69) is 0 Å². The van der Waals surface area contributed by atoms with Crippen LogP contribution in [0.2, 0.25) is 0 Å². The molecule has 0 aliphatic carbocycles. The molecule has 0 spiro atoms. The maximum absolute atomic E-state index is 13.1. The highest BCUT2D eigenvalue weighted by molar-refractivity contribution is 7.86. The van der Waals surface area contributed by atoms with Gasteiger partial charge in [0.05, 0.1) is 38.9 Å². The predicted octanol–water partition coefficient (Wildman–Crippen LogP) is 3.62. The van der Waals surface area contributed by atoms with Crippen LogP contribution >= 0.6 is 0 Å². The molecular weight excluding hydrogens is 544 g/mol. The van der Waals surface area contributed by atoms with Crippen LogP contribution in [0.4, 0.5) is 0 Å². The lowest BCUT2D eigenvalue weighted by Gasteiger charge is -2.34. The average Bonchev–Trinajstić information content (AvgIpc) is 3.17.